The van der Waals surface area contributed by atoms with Gasteiger partial charge in [-0.2, -0.15) is 21.9 Å². The highest BCUT2D eigenvalue weighted by atomic mass is 32.1. The van der Waals surface area contributed by atoms with Gasteiger partial charge in [-0.05, 0) is 26.7 Å². The minimum Gasteiger partial charge on any atom is -0.435 e. The molecule has 0 radical (unpaired) electrons. The van der Waals surface area contributed by atoms with Crippen molar-refractivity contribution in [1.82, 2.24) is 0 Å². The summed E-state index contributed by atoms with van der Waals surface area (Å²) in [5, 5.41) is 9.74. The lowest BCUT2D eigenvalue weighted by atomic mass is 9.97. The zero-order valence-electron chi connectivity index (χ0n) is 13.5. The van der Waals surface area contributed by atoms with Crippen LogP contribution in [-0.4, -0.2) is 52.1 Å². The maximum absolute atomic E-state index is 12.7. The highest BCUT2D eigenvalue weighted by Crippen LogP contribution is 2.34. The SMILES string of the molecule is CC(CS)C(=O)[N@@+]1(C(=O)O)C[C@H](OC2CCCCC2)C[C@H]1C. The van der Waals surface area contributed by atoms with Crippen molar-refractivity contribution in [3.8, 4) is 0 Å². The number of nitrogens with zero attached hydrogens (tertiary/aromatic N) is 1. The summed E-state index contributed by atoms with van der Waals surface area (Å²) >= 11 is 4.16. The summed E-state index contributed by atoms with van der Waals surface area (Å²) in [6, 6.07) is -0.249. The van der Waals surface area contributed by atoms with E-state index >= 15 is 0 Å². The van der Waals surface area contributed by atoms with Crippen LogP contribution in [0.5, 0.6) is 0 Å². The Morgan fingerprint density at radius 3 is 2.45 bits per heavy atom. The van der Waals surface area contributed by atoms with E-state index in [0.29, 0.717) is 12.2 Å². The Hall–Kier alpha value is -0.590. The van der Waals surface area contributed by atoms with Crippen molar-refractivity contribution in [2.75, 3.05) is 12.3 Å². The number of hydrogen-bond acceptors (Lipinski definition) is 4. The number of ether oxygens (including phenoxy) is 1. The van der Waals surface area contributed by atoms with Gasteiger partial charge in [0.1, 0.15) is 18.7 Å². The number of imide groups is 1. The lowest BCUT2D eigenvalue weighted by molar-refractivity contribution is -0.795. The summed E-state index contributed by atoms with van der Waals surface area (Å²) in [6.45, 7) is 3.85. The molecule has 22 heavy (non-hydrogen) atoms. The summed E-state index contributed by atoms with van der Waals surface area (Å²) in [5.74, 6) is -0.243. The Bertz CT molecular complexity index is 424. The normalized spacial score (nSPS) is 34.5. The number of amides is 2. The Balaban J connectivity index is 2.11. The molecule has 1 saturated carbocycles. The van der Waals surface area contributed by atoms with Gasteiger partial charge >= 0.3 is 12.0 Å². The average Bonchev–Trinajstić information content (AvgIpc) is 2.84. The van der Waals surface area contributed by atoms with Crippen molar-refractivity contribution in [3.63, 3.8) is 0 Å². The second kappa shape index (κ2) is 7.32. The summed E-state index contributed by atoms with van der Waals surface area (Å²) in [6.07, 6.45) is 5.41. The van der Waals surface area contributed by atoms with Crippen LogP contribution in [0.3, 0.4) is 0 Å². The van der Waals surface area contributed by atoms with Crippen LogP contribution in [0.15, 0.2) is 0 Å². The number of thiol groups is 1. The molecule has 2 fully saturated rings. The predicted octanol–water partition coefficient (Wildman–Crippen LogP) is 3.08. The van der Waals surface area contributed by atoms with Crippen LogP contribution in [0.4, 0.5) is 4.79 Å². The molecule has 1 unspecified atom stereocenters. The molecule has 2 rings (SSSR count). The van der Waals surface area contributed by atoms with Crippen LogP contribution in [-0.2, 0) is 9.53 Å². The van der Waals surface area contributed by atoms with E-state index in [0.717, 1.165) is 12.8 Å². The van der Waals surface area contributed by atoms with Crippen molar-refractivity contribution >= 4 is 24.6 Å². The second-order valence-electron chi connectivity index (χ2n) is 6.86. The largest absolute Gasteiger partial charge is 0.521 e. The summed E-state index contributed by atoms with van der Waals surface area (Å²) < 4.78 is 5.64. The van der Waals surface area contributed by atoms with E-state index in [1.807, 2.05) is 6.92 Å². The molecule has 0 bridgehead atoms. The second-order valence-corrected chi connectivity index (χ2v) is 7.22. The molecule has 1 aliphatic carbocycles. The fraction of sp³-hybridized carbons (Fsp3) is 0.875. The number of carbonyl (C=O) groups is 2. The first-order valence-corrected chi connectivity index (χ1v) is 8.97. The smallest absolute Gasteiger partial charge is 0.435 e. The predicted molar refractivity (Wildman–Crippen MR) is 87.0 cm³/mol. The molecular formula is C16H28NO4S+. The molecule has 0 aromatic heterocycles. The van der Waals surface area contributed by atoms with Gasteiger partial charge in [0.2, 0.25) is 0 Å². The lowest BCUT2D eigenvalue weighted by Gasteiger charge is -2.31. The van der Waals surface area contributed by atoms with Gasteiger partial charge in [-0.15, -0.1) is 0 Å². The fourth-order valence-corrected chi connectivity index (χ4v) is 4.00. The maximum atomic E-state index is 12.7. The van der Waals surface area contributed by atoms with Crippen molar-refractivity contribution in [1.29, 1.82) is 0 Å². The van der Waals surface area contributed by atoms with Gasteiger partial charge in [0.25, 0.3) is 0 Å². The minimum absolute atomic E-state index is 0.134. The maximum Gasteiger partial charge on any atom is 0.521 e. The first kappa shape index (κ1) is 17.8. The van der Waals surface area contributed by atoms with Gasteiger partial charge in [-0.25, -0.2) is 4.79 Å². The molecule has 2 aliphatic rings. The van der Waals surface area contributed by atoms with E-state index in [1.165, 1.54) is 19.3 Å². The third-order valence-electron chi connectivity index (χ3n) is 5.22. The van der Waals surface area contributed by atoms with Crippen LogP contribution in [0.2, 0.25) is 0 Å². The van der Waals surface area contributed by atoms with E-state index in [1.54, 1.807) is 6.92 Å². The summed E-state index contributed by atoms with van der Waals surface area (Å²) in [5.41, 5.74) is 0. The monoisotopic (exact) mass is 330 g/mol. The molecule has 1 aliphatic heterocycles. The topological polar surface area (TPSA) is 63.6 Å². The first-order valence-electron chi connectivity index (χ1n) is 8.33. The number of carbonyl (C=O) groups excluding carboxylic acids is 1. The molecule has 0 aromatic carbocycles. The zero-order chi connectivity index (χ0) is 16.3. The van der Waals surface area contributed by atoms with Crippen LogP contribution < -0.4 is 0 Å². The lowest BCUT2D eigenvalue weighted by Crippen LogP contribution is -2.61. The third-order valence-corrected chi connectivity index (χ3v) is 5.76. The molecular weight excluding hydrogens is 302 g/mol. The fourth-order valence-electron chi connectivity index (χ4n) is 3.85. The average molecular weight is 330 g/mol. The van der Waals surface area contributed by atoms with E-state index in [4.69, 9.17) is 4.74 Å². The third kappa shape index (κ3) is 3.34. The highest BCUT2D eigenvalue weighted by molar-refractivity contribution is 7.80. The quantitative estimate of drug-likeness (QED) is 0.614. The Morgan fingerprint density at radius 1 is 1.27 bits per heavy atom. The van der Waals surface area contributed by atoms with E-state index in [9.17, 15) is 14.7 Å². The van der Waals surface area contributed by atoms with E-state index < -0.39 is 10.6 Å². The number of likely N-dealkylation sites (tertiary alicyclic amines) is 1. The van der Waals surface area contributed by atoms with Crippen molar-refractivity contribution in [3.05, 3.63) is 0 Å². The van der Waals surface area contributed by atoms with E-state index in [-0.39, 0.29) is 36.6 Å². The number of quaternary nitrogens is 1. The Labute approximate surface area is 138 Å². The molecule has 126 valence electrons. The molecule has 1 heterocycles. The van der Waals surface area contributed by atoms with Crippen LogP contribution in [0.25, 0.3) is 0 Å². The van der Waals surface area contributed by atoms with Crippen molar-refractivity contribution in [2.24, 2.45) is 5.92 Å². The number of carboxylic acid groups (broad SMARTS) is 1. The molecule has 4 atom stereocenters. The molecule has 6 heteroatoms. The molecule has 0 spiro atoms. The standard InChI is InChI=1S/C16H27NO4S/c1-11(10-22)15(18)17(16(19)20)9-14(8-12(17)2)21-13-6-4-3-5-7-13/h11-14H,3-10H2,1-2H3,(H-,19,20,22)/p+1/t11?,12-,14-,17-/m1/s1. The van der Waals surface area contributed by atoms with Gasteiger partial charge in [0.05, 0.1) is 12.0 Å². The Kier molecular flexibility index (Phi) is 5.91. The Morgan fingerprint density at radius 2 is 1.91 bits per heavy atom. The molecule has 1 saturated heterocycles. The van der Waals surface area contributed by atoms with Crippen LogP contribution >= 0.6 is 12.6 Å². The van der Waals surface area contributed by atoms with Crippen LogP contribution in [0, 0.1) is 5.92 Å². The molecule has 0 aromatic rings. The van der Waals surface area contributed by atoms with Gasteiger partial charge in [0.15, 0.2) is 0 Å². The first-order chi connectivity index (χ1) is 10.4. The van der Waals surface area contributed by atoms with Crippen molar-refractivity contribution < 1.29 is 23.9 Å². The van der Waals surface area contributed by atoms with Crippen molar-refractivity contribution in [2.45, 2.75) is 70.6 Å². The number of rotatable bonds is 4. The van der Waals surface area contributed by atoms with Gasteiger partial charge in [-0.3, -0.25) is 0 Å². The molecule has 5 nitrogen and oxygen atoms in total. The zero-order valence-corrected chi connectivity index (χ0v) is 14.4. The van der Waals surface area contributed by atoms with Gasteiger partial charge < -0.3 is 9.84 Å². The van der Waals surface area contributed by atoms with Gasteiger partial charge in [-0.1, -0.05) is 19.3 Å². The summed E-state index contributed by atoms with van der Waals surface area (Å²) in [7, 11) is 0. The summed E-state index contributed by atoms with van der Waals surface area (Å²) in [4.78, 5) is 24.6. The number of hydrogen-bond donors (Lipinski definition) is 2. The molecule has 2 amide bonds. The minimum atomic E-state index is -1.05. The van der Waals surface area contributed by atoms with Crippen LogP contribution in [0.1, 0.15) is 52.4 Å². The van der Waals surface area contributed by atoms with E-state index in [2.05, 4.69) is 12.6 Å². The molecule has 1 N–H and O–H groups in total. The van der Waals surface area contributed by atoms with Gasteiger partial charge in [0, 0.05) is 12.2 Å². The highest BCUT2D eigenvalue weighted by Gasteiger charge is 2.58.